The van der Waals surface area contributed by atoms with Crippen molar-refractivity contribution in [3.8, 4) is 0 Å². The largest absolute Gasteiger partial charge is 0.355 e. The van der Waals surface area contributed by atoms with Gasteiger partial charge in [-0.2, -0.15) is 5.10 Å². The van der Waals surface area contributed by atoms with E-state index in [9.17, 15) is 0 Å². The fourth-order valence-electron chi connectivity index (χ4n) is 4.45. The van der Waals surface area contributed by atoms with Crippen LogP contribution in [0.15, 0.2) is 30.5 Å². The van der Waals surface area contributed by atoms with Crippen molar-refractivity contribution in [1.29, 1.82) is 0 Å². The summed E-state index contributed by atoms with van der Waals surface area (Å²) in [6.45, 7) is 8.02. The third-order valence-electron chi connectivity index (χ3n) is 6.61. The summed E-state index contributed by atoms with van der Waals surface area (Å²) in [4.78, 5) is 14.2. The normalized spacial score (nSPS) is 21.3. The first-order valence-corrected chi connectivity index (χ1v) is 10.1. The minimum Gasteiger partial charge on any atom is -0.355 e. The summed E-state index contributed by atoms with van der Waals surface area (Å²) in [6.07, 6.45) is 4.06. The van der Waals surface area contributed by atoms with Crippen molar-refractivity contribution in [3.63, 3.8) is 0 Å². The van der Waals surface area contributed by atoms with Gasteiger partial charge in [-0.3, -0.25) is 5.10 Å². The number of nitrogens with two attached hydrogens (primary N) is 1. The highest BCUT2D eigenvalue weighted by molar-refractivity contribution is 5.85. The SMILES string of the molecule is C[C@H]1c2ccccc2CN1c1n[nH]c2nc(N3CCC(C)(CN)CC3)cnc12. The van der Waals surface area contributed by atoms with Crippen molar-refractivity contribution < 1.29 is 0 Å². The molecule has 0 unspecified atom stereocenters. The van der Waals surface area contributed by atoms with Gasteiger partial charge in [-0.1, -0.05) is 31.2 Å². The van der Waals surface area contributed by atoms with E-state index in [2.05, 4.69) is 58.1 Å². The summed E-state index contributed by atoms with van der Waals surface area (Å²) in [5, 5.41) is 7.68. The van der Waals surface area contributed by atoms with Crippen LogP contribution in [0.1, 0.15) is 43.9 Å². The Kier molecular flexibility index (Phi) is 4.01. The van der Waals surface area contributed by atoms with Gasteiger partial charge < -0.3 is 15.5 Å². The summed E-state index contributed by atoms with van der Waals surface area (Å²) in [6, 6.07) is 8.86. The van der Waals surface area contributed by atoms with Crippen LogP contribution in [0.3, 0.4) is 0 Å². The van der Waals surface area contributed by atoms with E-state index < -0.39 is 0 Å². The maximum Gasteiger partial charge on any atom is 0.179 e. The van der Waals surface area contributed by atoms with Crippen molar-refractivity contribution >= 4 is 22.8 Å². The minimum atomic E-state index is 0.246. The lowest BCUT2D eigenvalue weighted by Gasteiger charge is -2.39. The monoisotopic (exact) mass is 377 g/mol. The lowest BCUT2D eigenvalue weighted by Crippen LogP contribution is -2.42. The molecule has 7 nitrogen and oxygen atoms in total. The van der Waals surface area contributed by atoms with E-state index in [0.717, 1.165) is 61.8 Å². The first kappa shape index (κ1) is 17.4. The number of hydrogen-bond donors (Lipinski definition) is 2. The third kappa shape index (κ3) is 2.73. The molecule has 2 aliphatic rings. The third-order valence-corrected chi connectivity index (χ3v) is 6.61. The van der Waals surface area contributed by atoms with Crippen molar-refractivity contribution in [1.82, 2.24) is 20.2 Å². The molecule has 5 rings (SSSR count). The molecule has 3 aromatic rings. The number of H-pyrrole nitrogens is 1. The summed E-state index contributed by atoms with van der Waals surface area (Å²) in [5.74, 6) is 1.80. The lowest BCUT2D eigenvalue weighted by atomic mass is 9.80. The molecule has 2 aliphatic heterocycles. The Bertz CT molecular complexity index is 1000. The quantitative estimate of drug-likeness (QED) is 0.730. The van der Waals surface area contributed by atoms with E-state index in [4.69, 9.17) is 15.7 Å². The number of aromatic nitrogens is 4. The molecule has 0 amide bonds. The molecule has 1 atom stereocenters. The Balaban J connectivity index is 1.41. The van der Waals surface area contributed by atoms with Crippen LogP contribution in [-0.4, -0.2) is 39.8 Å². The van der Waals surface area contributed by atoms with Crippen LogP contribution in [0.25, 0.3) is 11.2 Å². The molecule has 1 saturated heterocycles. The number of benzene rings is 1. The molecule has 0 spiro atoms. The van der Waals surface area contributed by atoms with Gasteiger partial charge in [0.1, 0.15) is 5.82 Å². The lowest BCUT2D eigenvalue weighted by molar-refractivity contribution is 0.258. The fraction of sp³-hybridized carbons (Fsp3) is 0.476. The van der Waals surface area contributed by atoms with Gasteiger partial charge >= 0.3 is 0 Å². The summed E-state index contributed by atoms with van der Waals surface area (Å²) < 4.78 is 0. The smallest absolute Gasteiger partial charge is 0.179 e. The molecule has 2 aromatic heterocycles. The summed E-state index contributed by atoms with van der Waals surface area (Å²) in [5.41, 5.74) is 10.5. The molecular formula is C21H27N7. The molecule has 1 fully saturated rings. The molecule has 0 saturated carbocycles. The molecule has 4 heterocycles. The number of anilines is 2. The molecule has 0 bridgehead atoms. The minimum absolute atomic E-state index is 0.246. The molecule has 28 heavy (non-hydrogen) atoms. The van der Waals surface area contributed by atoms with Crippen LogP contribution < -0.4 is 15.5 Å². The average molecular weight is 377 g/mol. The second-order valence-corrected chi connectivity index (χ2v) is 8.48. The Hall–Kier alpha value is -2.67. The summed E-state index contributed by atoms with van der Waals surface area (Å²) in [7, 11) is 0. The predicted molar refractivity (Wildman–Crippen MR) is 111 cm³/mol. The van der Waals surface area contributed by atoms with Crippen LogP contribution in [0.5, 0.6) is 0 Å². The van der Waals surface area contributed by atoms with Crippen molar-refractivity contribution in [2.24, 2.45) is 11.1 Å². The number of rotatable bonds is 3. The zero-order valence-corrected chi connectivity index (χ0v) is 16.5. The molecule has 0 radical (unpaired) electrons. The van der Waals surface area contributed by atoms with Crippen molar-refractivity contribution in [3.05, 3.63) is 41.6 Å². The van der Waals surface area contributed by atoms with Crippen LogP contribution in [0.2, 0.25) is 0 Å². The molecule has 3 N–H and O–H groups in total. The fourth-order valence-corrected chi connectivity index (χ4v) is 4.45. The summed E-state index contributed by atoms with van der Waals surface area (Å²) >= 11 is 0. The molecule has 1 aromatic carbocycles. The first-order chi connectivity index (χ1) is 13.6. The van der Waals surface area contributed by atoms with E-state index in [0.29, 0.717) is 0 Å². The van der Waals surface area contributed by atoms with E-state index in [-0.39, 0.29) is 11.5 Å². The molecule has 7 heteroatoms. The predicted octanol–water partition coefficient (Wildman–Crippen LogP) is 3.00. The zero-order valence-electron chi connectivity index (χ0n) is 16.5. The first-order valence-electron chi connectivity index (χ1n) is 10.1. The molecular weight excluding hydrogens is 350 g/mol. The van der Waals surface area contributed by atoms with Crippen LogP contribution >= 0.6 is 0 Å². The van der Waals surface area contributed by atoms with Gasteiger partial charge in [0.15, 0.2) is 17.0 Å². The maximum absolute atomic E-state index is 5.94. The number of nitrogens with zero attached hydrogens (tertiary/aromatic N) is 5. The standard InChI is InChI=1S/C21H27N7/c1-14-16-6-4-3-5-15(16)12-28(14)20-18-19(25-26-20)24-17(11-23-18)27-9-7-21(2,13-22)8-10-27/h3-6,11,14H,7-10,12-13,22H2,1-2H3,(H,24,25,26)/t14-/m0/s1. The van der Waals surface area contributed by atoms with Gasteiger partial charge in [-0.05, 0) is 42.9 Å². The van der Waals surface area contributed by atoms with Crippen LogP contribution in [0.4, 0.5) is 11.6 Å². The Morgan fingerprint density at radius 3 is 2.79 bits per heavy atom. The van der Waals surface area contributed by atoms with Gasteiger partial charge in [-0.15, -0.1) is 0 Å². The van der Waals surface area contributed by atoms with Crippen molar-refractivity contribution in [2.75, 3.05) is 29.4 Å². The van der Waals surface area contributed by atoms with Gasteiger partial charge in [0.05, 0.1) is 12.2 Å². The second-order valence-electron chi connectivity index (χ2n) is 8.48. The van der Waals surface area contributed by atoms with Crippen LogP contribution in [0, 0.1) is 5.41 Å². The van der Waals surface area contributed by atoms with E-state index >= 15 is 0 Å². The highest BCUT2D eigenvalue weighted by Crippen LogP contribution is 2.38. The topological polar surface area (TPSA) is 87.0 Å². The van der Waals surface area contributed by atoms with Gasteiger partial charge in [0.2, 0.25) is 0 Å². The molecule has 146 valence electrons. The number of fused-ring (bicyclic) bond motifs is 2. The number of nitrogens with one attached hydrogen (secondary N) is 1. The Labute approximate surface area is 165 Å². The zero-order chi connectivity index (χ0) is 19.3. The Morgan fingerprint density at radius 1 is 1.25 bits per heavy atom. The van der Waals surface area contributed by atoms with Gasteiger partial charge in [0, 0.05) is 19.6 Å². The highest BCUT2D eigenvalue weighted by Gasteiger charge is 2.31. The average Bonchev–Trinajstić information content (AvgIpc) is 3.29. The second kappa shape index (κ2) is 6.44. The van der Waals surface area contributed by atoms with Gasteiger partial charge in [0.25, 0.3) is 0 Å². The van der Waals surface area contributed by atoms with Crippen molar-refractivity contribution in [2.45, 2.75) is 39.3 Å². The van der Waals surface area contributed by atoms with Gasteiger partial charge in [-0.25, -0.2) is 9.97 Å². The Morgan fingerprint density at radius 2 is 2.04 bits per heavy atom. The number of hydrogen-bond acceptors (Lipinski definition) is 6. The highest BCUT2D eigenvalue weighted by atomic mass is 15.3. The number of piperidine rings is 1. The van der Waals surface area contributed by atoms with Crippen LogP contribution in [-0.2, 0) is 6.54 Å². The van der Waals surface area contributed by atoms with E-state index in [1.54, 1.807) is 0 Å². The maximum atomic E-state index is 5.94. The van der Waals surface area contributed by atoms with E-state index in [1.807, 2.05) is 6.20 Å². The van der Waals surface area contributed by atoms with E-state index in [1.165, 1.54) is 11.1 Å². The number of aromatic amines is 1. The molecule has 0 aliphatic carbocycles.